The van der Waals surface area contributed by atoms with Gasteiger partial charge in [-0.15, -0.1) is 0 Å². The van der Waals surface area contributed by atoms with Crippen LogP contribution in [0.1, 0.15) is 57.4 Å². The van der Waals surface area contributed by atoms with E-state index in [1.165, 1.54) is 4.90 Å². The zero-order chi connectivity index (χ0) is 32.2. The lowest BCUT2D eigenvalue weighted by Crippen LogP contribution is -2.47. The van der Waals surface area contributed by atoms with Crippen LogP contribution < -0.4 is 14.2 Å². The Bertz CT molecular complexity index is 1570. The molecule has 9 heteroatoms. The summed E-state index contributed by atoms with van der Waals surface area (Å²) in [6, 6.07) is 15.3. The van der Waals surface area contributed by atoms with Gasteiger partial charge < -0.3 is 24.0 Å². The van der Waals surface area contributed by atoms with Crippen molar-refractivity contribution in [1.29, 1.82) is 0 Å². The smallest absolute Gasteiger partial charge is 0.312 e. The first-order valence-corrected chi connectivity index (χ1v) is 15.8. The van der Waals surface area contributed by atoms with Crippen molar-refractivity contribution >= 4 is 29.2 Å². The van der Waals surface area contributed by atoms with E-state index in [1.54, 1.807) is 32.2 Å². The molecule has 0 radical (unpaired) electrons. The van der Waals surface area contributed by atoms with E-state index in [0.717, 1.165) is 52.8 Å². The molecule has 1 saturated heterocycles. The molecule has 5 rings (SSSR count). The molecule has 0 saturated carbocycles. The number of aryl methyl sites for hydroxylation is 2. The molecular formula is C36H41ClN2O6. The summed E-state index contributed by atoms with van der Waals surface area (Å²) in [5.41, 5.74) is 5.45. The Kier molecular flexibility index (Phi) is 10.0. The molecule has 2 aliphatic rings. The zero-order valence-electron chi connectivity index (χ0n) is 26.7. The molecule has 238 valence electrons. The van der Waals surface area contributed by atoms with Crippen LogP contribution >= 0.6 is 11.6 Å². The second kappa shape index (κ2) is 13.9. The molecule has 0 aromatic heterocycles. The van der Waals surface area contributed by atoms with E-state index >= 15 is 0 Å². The van der Waals surface area contributed by atoms with Crippen molar-refractivity contribution in [2.24, 2.45) is 11.8 Å². The molecule has 1 aliphatic carbocycles. The summed E-state index contributed by atoms with van der Waals surface area (Å²) in [5, 5.41) is 0.663. The highest BCUT2D eigenvalue weighted by atomic mass is 35.5. The number of hydrogen-bond donors (Lipinski definition) is 0. The quantitative estimate of drug-likeness (QED) is 0.261. The molecule has 1 fully saturated rings. The number of likely N-dealkylation sites (N-methyl/N-ethyl adjacent to an activating group) is 1. The second-order valence-corrected chi connectivity index (χ2v) is 12.6. The molecule has 45 heavy (non-hydrogen) atoms. The largest absolute Gasteiger partial charge is 0.493 e. The molecule has 1 aliphatic heterocycles. The number of ketones is 1. The number of Topliss-reactive ketones (excluding diaryl/α,β-unsaturated/α-hetero) is 1. The average molecular weight is 633 g/mol. The van der Waals surface area contributed by atoms with Gasteiger partial charge in [0.2, 0.25) is 0 Å². The minimum Gasteiger partial charge on any atom is -0.493 e. The molecule has 8 nitrogen and oxygen atoms in total. The van der Waals surface area contributed by atoms with E-state index in [4.69, 9.17) is 25.8 Å². The third-order valence-corrected chi connectivity index (χ3v) is 9.40. The minimum atomic E-state index is -0.521. The molecule has 0 bridgehead atoms. The van der Waals surface area contributed by atoms with Crippen molar-refractivity contribution in [2.45, 2.75) is 52.7 Å². The van der Waals surface area contributed by atoms with Crippen LogP contribution in [0.4, 0.5) is 0 Å². The summed E-state index contributed by atoms with van der Waals surface area (Å²) in [7, 11) is 4.82. The number of piperidine rings is 1. The number of amides is 2. The predicted octanol–water partition coefficient (Wildman–Crippen LogP) is 6.20. The van der Waals surface area contributed by atoms with Crippen molar-refractivity contribution in [3.63, 3.8) is 0 Å². The van der Waals surface area contributed by atoms with Crippen molar-refractivity contribution in [1.82, 2.24) is 9.80 Å². The van der Waals surface area contributed by atoms with Gasteiger partial charge in [0, 0.05) is 48.7 Å². The van der Waals surface area contributed by atoms with Crippen LogP contribution in [-0.2, 0) is 29.2 Å². The van der Waals surface area contributed by atoms with Gasteiger partial charge in [-0.3, -0.25) is 14.4 Å². The number of methoxy groups -OCH3 is 2. The van der Waals surface area contributed by atoms with Gasteiger partial charge in [0.05, 0.1) is 14.2 Å². The third-order valence-electron chi connectivity index (χ3n) is 9.03. The molecule has 2 amide bonds. The molecule has 1 unspecified atom stereocenters. The van der Waals surface area contributed by atoms with Crippen molar-refractivity contribution in [3.8, 4) is 17.2 Å². The number of benzene rings is 3. The SMILES string of the molecule is COc1cc2c(cc1OC)C(=O)C(CC1CCN(C(=O)C(=O)N(C)Cc3cc(C)c(OCc4ccccc4Cl)c(C)c3)CC1)C2. The van der Waals surface area contributed by atoms with Crippen LogP contribution in [0.25, 0.3) is 0 Å². The lowest BCUT2D eigenvalue weighted by atomic mass is 9.85. The summed E-state index contributed by atoms with van der Waals surface area (Å²) in [6.45, 7) is 5.64. The van der Waals surface area contributed by atoms with Crippen LogP contribution in [0.3, 0.4) is 0 Å². The minimum absolute atomic E-state index is 0.0864. The van der Waals surface area contributed by atoms with Crippen LogP contribution in [0.2, 0.25) is 5.02 Å². The van der Waals surface area contributed by atoms with E-state index in [9.17, 15) is 14.4 Å². The number of fused-ring (bicyclic) bond motifs is 1. The maximum Gasteiger partial charge on any atom is 0.312 e. The Balaban J connectivity index is 1.12. The number of nitrogens with zero attached hydrogens (tertiary/aromatic N) is 2. The molecule has 3 aromatic rings. The summed E-state index contributed by atoms with van der Waals surface area (Å²) in [4.78, 5) is 42.6. The molecule has 0 spiro atoms. The first-order chi connectivity index (χ1) is 21.6. The van der Waals surface area contributed by atoms with Crippen LogP contribution in [0.5, 0.6) is 17.2 Å². The van der Waals surface area contributed by atoms with Crippen LogP contribution in [0.15, 0.2) is 48.5 Å². The Hall–Kier alpha value is -4.04. The van der Waals surface area contributed by atoms with E-state index in [-0.39, 0.29) is 11.7 Å². The fourth-order valence-electron chi connectivity index (χ4n) is 6.63. The maximum atomic E-state index is 13.2. The van der Waals surface area contributed by atoms with Crippen LogP contribution in [0, 0.1) is 25.7 Å². The molecule has 3 aromatic carbocycles. The number of ether oxygens (including phenoxy) is 3. The average Bonchev–Trinajstić information content (AvgIpc) is 3.33. The predicted molar refractivity (Wildman–Crippen MR) is 173 cm³/mol. The third kappa shape index (κ3) is 7.12. The van der Waals surface area contributed by atoms with Gasteiger partial charge in [-0.05, 0) is 85.9 Å². The number of halogens is 1. The molecule has 1 heterocycles. The van der Waals surface area contributed by atoms with Gasteiger partial charge in [-0.2, -0.15) is 0 Å². The summed E-state index contributed by atoms with van der Waals surface area (Å²) in [6.07, 6.45) is 2.99. The lowest BCUT2D eigenvalue weighted by molar-refractivity contribution is -0.152. The Morgan fingerprint density at radius 3 is 2.27 bits per heavy atom. The highest BCUT2D eigenvalue weighted by molar-refractivity contribution is 6.34. The van der Waals surface area contributed by atoms with Gasteiger partial charge in [0.15, 0.2) is 17.3 Å². The van der Waals surface area contributed by atoms with E-state index in [0.29, 0.717) is 60.7 Å². The summed E-state index contributed by atoms with van der Waals surface area (Å²) < 4.78 is 16.9. The second-order valence-electron chi connectivity index (χ2n) is 12.2. The monoisotopic (exact) mass is 632 g/mol. The number of carbonyl (C=O) groups is 3. The van der Waals surface area contributed by atoms with Crippen molar-refractivity contribution in [2.75, 3.05) is 34.4 Å². The van der Waals surface area contributed by atoms with Gasteiger partial charge in [0.25, 0.3) is 0 Å². The first-order valence-electron chi connectivity index (χ1n) is 15.4. The summed E-state index contributed by atoms with van der Waals surface area (Å²) >= 11 is 6.28. The summed E-state index contributed by atoms with van der Waals surface area (Å²) in [5.74, 6) is 1.36. The Labute approximate surface area is 270 Å². The zero-order valence-corrected chi connectivity index (χ0v) is 27.4. The maximum absolute atomic E-state index is 13.2. The fourth-order valence-corrected chi connectivity index (χ4v) is 6.82. The van der Waals surface area contributed by atoms with Crippen LogP contribution in [-0.4, -0.2) is 61.8 Å². The highest BCUT2D eigenvalue weighted by Crippen LogP contribution is 2.39. The number of rotatable bonds is 9. The standard InChI is InChI=1S/C36H41ClN2O6/c1-22-14-25(15-23(2)34(22)45-21-26-8-6-7-9-30(26)37)20-38(3)35(41)36(42)39-12-10-24(11-13-39)16-28-17-27-18-31(43-4)32(44-5)19-29(27)33(28)40/h6-9,14-15,18-19,24,28H,10-13,16-17,20-21H2,1-5H3. The topological polar surface area (TPSA) is 85.4 Å². The fraction of sp³-hybridized carbons (Fsp3) is 0.417. The van der Waals surface area contributed by atoms with Crippen molar-refractivity contribution in [3.05, 3.63) is 86.9 Å². The van der Waals surface area contributed by atoms with E-state index in [1.807, 2.05) is 56.3 Å². The van der Waals surface area contributed by atoms with Gasteiger partial charge in [-0.1, -0.05) is 41.9 Å². The lowest BCUT2D eigenvalue weighted by Gasteiger charge is -2.33. The number of carbonyl (C=O) groups excluding carboxylic acids is 3. The van der Waals surface area contributed by atoms with Gasteiger partial charge in [-0.25, -0.2) is 0 Å². The molecule has 0 N–H and O–H groups in total. The first kappa shape index (κ1) is 32.4. The van der Waals surface area contributed by atoms with E-state index < -0.39 is 11.8 Å². The normalized spacial score (nSPS) is 16.4. The molecule has 1 atom stereocenters. The van der Waals surface area contributed by atoms with Crippen molar-refractivity contribution < 1.29 is 28.6 Å². The van der Waals surface area contributed by atoms with E-state index in [2.05, 4.69) is 0 Å². The number of hydrogen-bond acceptors (Lipinski definition) is 6. The highest BCUT2D eigenvalue weighted by Gasteiger charge is 2.36. The Morgan fingerprint density at radius 1 is 0.978 bits per heavy atom. The molecular weight excluding hydrogens is 592 g/mol. The number of likely N-dealkylation sites (tertiary alicyclic amines) is 1. The van der Waals surface area contributed by atoms with Gasteiger partial charge in [0.1, 0.15) is 12.4 Å². The van der Waals surface area contributed by atoms with Gasteiger partial charge >= 0.3 is 11.8 Å². The Morgan fingerprint density at radius 2 is 1.62 bits per heavy atom.